The average molecular weight is 325 g/mol. The number of sulfonamides is 1. The normalized spacial score (nSPS) is 12.8. The largest absolute Gasteiger partial charge is 0.457 e. The van der Waals surface area contributed by atoms with Crippen molar-refractivity contribution in [3.63, 3.8) is 0 Å². The minimum atomic E-state index is -3.50. The number of rotatable bonds is 5. The van der Waals surface area contributed by atoms with Gasteiger partial charge in [-0.3, -0.25) is 0 Å². The molecule has 0 aliphatic carbocycles. The second kappa shape index (κ2) is 7.07. The van der Waals surface area contributed by atoms with E-state index in [1.165, 1.54) is 18.2 Å². The Balaban J connectivity index is 2.80. The molecule has 0 aliphatic rings. The van der Waals surface area contributed by atoms with Gasteiger partial charge in [-0.05, 0) is 58.4 Å². The van der Waals surface area contributed by atoms with Gasteiger partial charge in [-0.25, -0.2) is 17.9 Å². The second-order valence-electron chi connectivity index (χ2n) is 6.21. The molecule has 0 spiro atoms. The van der Waals surface area contributed by atoms with Crippen molar-refractivity contribution in [3.05, 3.63) is 35.9 Å². The monoisotopic (exact) mass is 325 g/mol. The van der Waals surface area contributed by atoms with Gasteiger partial charge >= 0.3 is 5.97 Å². The van der Waals surface area contributed by atoms with E-state index in [4.69, 9.17) is 4.74 Å². The summed E-state index contributed by atoms with van der Waals surface area (Å²) in [5, 5.41) is 0. The van der Waals surface area contributed by atoms with Crippen molar-refractivity contribution in [1.82, 2.24) is 4.72 Å². The quantitative estimate of drug-likeness (QED) is 0.667. The van der Waals surface area contributed by atoms with Crippen LogP contribution in [0.25, 0.3) is 6.08 Å². The maximum atomic E-state index is 12.0. The molecule has 0 aromatic heterocycles. The number of ether oxygens (including phenoxy) is 1. The van der Waals surface area contributed by atoms with E-state index in [-0.39, 0.29) is 10.9 Å². The first kappa shape index (κ1) is 18.4. The SMILES string of the molecule is CC(C)NS(=O)(=O)c1ccc(/C=C/C(=O)OC(C)(C)C)cc1. The third-order valence-electron chi connectivity index (χ3n) is 2.40. The fourth-order valence-corrected chi connectivity index (χ4v) is 2.89. The van der Waals surface area contributed by atoms with Crippen LogP contribution in [0, 0.1) is 0 Å². The molecule has 5 nitrogen and oxygen atoms in total. The minimum Gasteiger partial charge on any atom is -0.457 e. The van der Waals surface area contributed by atoms with Crippen molar-refractivity contribution in [1.29, 1.82) is 0 Å². The molecule has 0 saturated carbocycles. The van der Waals surface area contributed by atoms with Gasteiger partial charge < -0.3 is 4.74 Å². The Hall–Kier alpha value is -1.66. The smallest absolute Gasteiger partial charge is 0.331 e. The van der Waals surface area contributed by atoms with Crippen LogP contribution < -0.4 is 4.72 Å². The zero-order valence-electron chi connectivity index (χ0n) is 13.6. The highest BCUT2D eigenvalue weighted by molar-refractivity contribution is 7.89. The fourth-order valence-electron chi connectivity index (χ4n) is 1.64. The van der Waals surface area contributed by atoms with Crippen LogP contribution >= 0.6 is 0 Å². The van der Waals surface area contributed by atoms with Gasteiger partial charge in [0.25, 0.3) is 0 Å². The van der Waals surface area contributed by atoms with Gasteiger partial charge in [0.15, 0.2) is 0 Å². The highest BCUT2D eigenvalue weighted by Gasteiger charge is 2.15. The fraction of sp³-hybridized carbons (Fsp3) is 0.438. The van der Waals surface area contributed by atoms with Gasteiger partial charge in [0.2, 0.25) is 10.0 Å². The summed E-state index contributed by atoms with van der Waals surface area (Å²) in [6, 6.07) is 6.10. The molecule has 0 amide bonds. The van der Waals surface area contributed by atoms with Crippen LogP contribution in [0.3, 0.4) is 0 Å². The molecular formula is C16H23NO4S. The van der Waals surface area contributed by atoms with Gasteiger partial charge in [0, 0.05) is 12.1 Å². The third kappa shape index (κ3) is 6.41. The van der Waals surface area contributed by atoms with Crippen molar-refractivity contribution in [2.24, 2.45) is 0 Å². The van der Waals surface area contributed by atoms with Gasteiger partial charge in [-0.15, -0.1) is 0 Å². The number of hydrogen-bond acceptors (Lipinski definition) is 4. The number of hydrogen-bond donors (Lipinski definition) is 1. The van der Waals surface area contributed by atoms with E-state index in [1.807, 2.05) is 0 Å². The third-order valence-corrected chi connectivity index (χ3v) is 4.07. The highest BCUT2D eigenvalue weighted by atomic mass is 32.2. The predicted octanol–water partition coefficient (Wildman–Crippen LogP) is 2.73. The van der Waals surface area contributed by atoms with E-state index in [0.717, 1.165) is 0 Å². The Morgan fingerprint density at radius 2 is 1.73 bits per heavy atom. The number of carbonyl (C=O) groups excluding carboxylic acids is 1. The topological polar surface area (TPSA) is 72.5 Å². The summed E-state index contributed by atoms with van der Waals surface area (Å²) in [5.41, 5.74) is 0.177. The highest BCUT2D eigenvalue weighted by Crippen LogP contribution is 2.13. The van der Waals surface area contributed by atoms with Gasteiger partial charge in [-0.1, -0.05) is 12.1 Å². The summed E-state index contributed by atoms with van der Waals surface area (Å²) in [6.07, 6.45) is 2.90. The van der Waals surface area contributed by atoms with E-state index in [2.05, 4.69) is 4.72 Å². The molecule has 1 N–H and O–H groups in total. The number of benzene rings is 1. The van der Waals surface area contributed by atoms with E-state index < -0.39 is 21.6 Å². The van der Waals surface area contributed by atoms with E-state index in [1.54, 1.807) is 52.8 Å². The lowest BCUT2D eigenvalue weighted by atomic mass is 10.2. The number of carbonyl (C=O) groups is 1. The zero-order valence-corrected chi connectivity index (χ0v) is 14.4. The van der Waals surface area contributed by atoms with E-state index >= 15 is 0 Å². The van der Waals surface area contributed by atoms with Crippen molar-refractivity contribution < 1.29 is 17.9 Å². The van der Waals surface area contributed by atoms with Crippen LogP contribution in [-0.2, 0) is 19.6 Å². The van der Waals surface area contributed by atoms with Gasteiger partial charge in [-0.2, -0.15) is 0 Å². The van der Waals surface area contributed by atoms with Crippen molar-refractivity contribution in [2.75, 3.05) is 0 Å². The summed E-state index contributed by atoms with van der Waals surface area (Å²) in [4.78, 5) is 11.8. The first-order valence-electron chi connectivity index (χ1n) is 7.03. The summed E-state index contributed by atoms with van der Waals surface area (Å²) < 4.78 is 31.6. The molecule has 0 heterocycles. The molecular weight excluding hydrogens is 302 g/mol. The lowest BCUT2D eigenvalue weighted by Crippen LogP contribution is -2.30. The molecule has 0 bridgehead atoms. The Morgan fingerprint density at radius 3 is 2.18 bits per heavy atom. The molecule has 0 radical (unpaired) electrons. The molecule has 1 aromatic rings. The van der Waals surface area contributed by atoms with E-state index in [0.29, 0.717) is 5.56 Å². The van der Waals surface area contributed by atoms with Crippen LogP contribution in [0.15, 0.2) is 35.2 Å². The molecule has 0 saturated heterocycles. The van der Waals surface area contributed by atoms with Crippen molar-refractivity contribution in [2.45, 2.75) is 51.2 Å². The van der Waals surface area contributed by atoms with Crippen LogP contribution in [0.4, 0.5) is 0 Å². The first-order chi connectivity index (χ1) is 9.99. The predicted molar refractivity (Wildman–Crippen MR) is 86.8 cm³/mol. The molecule has 6 heteroatoms. The Morgan fingerprint density at radius 1 is 1.18 bits per heavy atom. The number of esters is 1. The summed E-state index contributed by atoms with van der Waals surface area (Å²) >= 11 is 0. The molecule has 1 rings (SSSR count). The molecule has 0 fully saturated rings. The average Bonchev–Trinajstić information content (AvgIpc) is 2.33. The molecule has 22 heavy (non-hydrogen) atoms. The van der Waals surface area contributed by atoms with Gasteiger partial charge in [0.05, 0.1) is 4.90 Å². The molecule has 122 valence electrons. The summed E-state index contributed by atoms with van der Waals surface area (Å²) in [6.45, 7) is 8.89. The molecule has 0 atom stereocenters. The number of nitrogens with one attached hydrogen (secondary N) is 1. The summed E-state index contributed by atoms with van der Waals surface area (Å²) in [7, 11) is -3.50. The molecule has 0 unspecified atom stereocenters. The van der Waals surface area contributed by atoms with Crippen molar-refractivity contribution >= 4 is 22.1 Å². The minimum absolute atomic E-state index is 0.170. The van der Waals surface area contributed by atoms with Gasteiger partial charge in [0.1, 0.15) is 5.60 Å². The lowest BCUT2D eigenvalue weighted by Gasteiger charge is -2.17. The Bertz CT molecular complexity index is 638. The maximum Gasteiger partial charge on any atom is 0.331 e. The molecule has 0 aliphatic heterocycles. The van der Waals surface area contributed by atoms with E-state index in [9.17, 15) is 13.2 Å². The Labute approximate surface area is 132 Å². The standard InChI is InChI=1S/C16H23NO4S/c1-12(2)17-22(19,20)14-9-6-13(7-10-14)8-11-15(18)21-16(3,4)5/h6-12,17H,1-5H3/b11-8+. The maximum absolute atomic E-state index is 12.0. The summed E-state index contributed by atoms with van der Waals surface area (Å²) in [5.74, 6) is -0.439. The van der Waals surface area contributed by atoms with Crippen molar-refractivity contribution in [3.8, 4) is 0 Å². The zero-order chi connectivity index (χ0) is 17.0. The molecule has 1 aromatic carbocycles. The van der Waals surface area contributed by atoms with Crippen LogP contribution in [0.1, 0.15) is 40.2 Å². The lowest BCUT2D eigenvalue weighted by molar-refractivity contribution is -0.148. The second-order valence-corrected chi connectivity index (χ2v) is 7.93. The van der Waals surface area contributed by atoms with Crippen LogP contribution in [0.2, 0.25) is 0 Å². The van der Waals surface area contributed by atoms with Crippen LogP contribution in [0.5, 0.6) is 0 Å². The van der Waals surface area contributed by atoms with Crippen LogP contribution in [-0.4, -0.2) is 26.0 Å². The first-order valence-corrected chi connectivity index (χ1v) is 8.51. The Kier molecular flexibility index (Phi) is 5.91.